The van der Waals surface area contributed by atoms with Gasteiger partial charge in [0.2, 0.25) is 5.95 Å². The van der Waals surface area contributed by atoms with Crippen LogP contribution in [0.5, 0.6) is 0 Å². The van der Waals surface area contributed by atoms with E-state index in [0.717, 1.165) is 21.1 Å². The summed E-state index contributed by atoms with van der Waals surface area (Å²) in [4.78, 5) is 16.5. The van der Waals surface area contributed by atoms with Crippen molar-refractivity contribution in [3.05, 3.63) is 58.6 Å². The van der Waals surface area contributed by atoms with Crippen LogP contribution in [0.2, 0.25) is 0 Å². The molecule has 124 valence electrons. The number of alkyl halides is 1. The van der Waals surface area contributed by atoms with Crippen LogP contribution in [0.4, 0.5) is 10.7 Å². The maximum atomic E-state index is 12.1. The number of aryl methyl sites for hydroxylation is 1. The zero-order valence-corrected chi connectivity index (χ0v) is 15.0. The van der Waals surface area contributed by atoms with Crippen LogP contribution in [0.25, 0.3) is 11.0 Å². The van der Waals surface area contributed by atoms with Gasteiger partial charge in [0, 0.05) is 16.9 Å². The number of amides is 1. The first-order valence-electron chi connectivity index (χ1n) is 7.37. The third kappa shape index (κ3) is 3.88. The van der Waals surface area contributed by atoms with Crippen molar-refractivity contribution in [1.29, 1.82) is 0 Å². The van der Waals surface area contributed by atoms with Crippen LogP contribution in [0, 0.1) is 0 Å². The normalized spacial score (nSPS) is 10.8. The Morgan fingerprint density at radius 2 is 2.04 bits per heavy atom. The van der Waals surface area contributed by atoms with Gasteiger partial charge < -0.3 is 9.30 Å². The summed E-state index contributed by atoms with van der Waals surface area (Å²) >= 11 is 9.29. The van der Waals surface area contributed by atoms with Crippen LogP contribution in [0.1, 0.15) is 5.56 Å². The highest BCUT2D eigenvalue weighted by Gasteiger charge is 2.14. The summed E-state index contributed by atoms with van der Waals surface area (Å²) in [7, 11) is 0. The molecule has 1 N–H and O–H groups in total. The monoisotopic (exact) mass is 407 g/mol. The number of carbonyl (C=O) groups excluding carboxylic acids is 1. The molecule has 24 heavy (non-hydrogen) atoms. The van der Waals surface area contributed by atoms with Gasteiger partial charge in [0.25, 0.3) is 0 Å². The van der Waals surface area contributed by atoms with Gasteiger partial charge in [-0.25, -0.2) is 9.78 Å². The number of benzene rings is 2. The summed E-state index contributed by atoms with van der Waals surface area (Å²) < 4.78 is 8.02. The Labute approximate surface area is 152 Å². The van der Waals surface area contributed by atoms with E-state index in [0.29, 0.717) is 18.4 Å². The largest absolute Gasteiger partial charge is 0.444 e. The van der Waals surface area contributed by atoms with Crippen molar-refractivity contribution in [2.45, 2.75) is 13.2 Å². The van der Waals surface area contributed by atoms with Gasteiger partial charge in [-0.1, -0.05) is 46.3 Å². The second-order valence-electron chi connectivity index (χ2n) is 5.10. The Hall–Kier alpha value is -2.05. The molecular weight excluding hydrogens is 394 g/mol. The fraction of sp³-hybridized carbons (Fsp3) is 0.176. The summed E-state index contributed by atoms with van der Waals surface area (Å²) in [5.41, 5.74) is 2.59. The van der Waals surface area contributed by atoms with Crippen LogP contribution >= 0.6 is 27.5 Å². The predicted octanol–water partition coefficient (Wildman–Crippen LogP) is 4.79. The van der Waals surface area contributed by atoms with Crippen LogP contribution in [0.15, 0.2) is 53.0 Å². The Bertz CT molecular complexity index is 852. The zero-order chi connectivity index (χ0) is 16.9. The molecule has 0 aliphatic rings. The standard InChI is InChI=1S/C17H15BrClN3O2/c18-13-6-7-15-14(10-13)20-16(22(15)9-8-19)21-17(23)24-11-12-4-2-1-3-5-12/h1-7,10H,8-9,11H2,(H,20,21,23). The molecule has 1 aromatic heterocycles. The Morgan fingerprint density at radius 3 is 2.79 bits per heavy atom. The molecule has 3 aromatic rings. The molecule has 1 amide bonds. The highest BCUT2D eigenvalue weighted by Crippen LogP contribution is 2.23. The van der Waals surface area contributed by atoms with Crippen molar-refractivity contribution < 1.29 is 9.53 Å². The minimum Gasteiger partial charge on any atom is -0.444 e. The predicted molar refractivity (Wildman–Crippen MR) is 98.4 cm³/mol. The maximum Gasteiger partial charge on any atom is 0.414 e. The van der Waals surface area contributed by atoms with Gasteiger partial charge in [0.05, 0.1) is 11.0 Å². The highest BCUT2D eigenvalue weighted by atomic mass is 79.9. The molecule has 0 atom stereocenters. The number of ether oxygens (including phenoxy) is 1. The topological polar surface area (TPSA) is 56.2 Å². The first kappa shape index (κ1) is 16.8. The van der Waals surface area contributed by atoms with Crippen LogP contribution < -0.4 is 5.32 Å². The van der Waals surface area contributed by atoms with E-state index < -0.39 is 6.09 Å². The molecule has 3 rings (SSSR count). The molecule has 0 aliphatic carbocycles. The first-order chi connectivity index (χ1) is 11.7. The SMILES string of the molecule is O=C(Nc1nc2cc(Br)ccc2n1CCCl)OCc1ccccc1. The summed E-state index contributed by atoms with van der Waals surface area (Å²) in [5, 5.41) is 2.69. The van der Waals surface area contributed by atoms with Crippen molar-refractivity contribution in [2.24, 2.45) is 0 Å². The summed E-state index contributed by atoms with van der Waals surface area (Å²) in [5.74, 6) is 0.830. The van der Waals surface area contributed by atoms with Gasteiger partial charge >= 0.3 is 6.09 Å². The summed E-state index contributed by atoms with van der Waals surface area (Å²) in [6.07, 6.45) is -0.552. The van der Waals surface area contributed by atoms with E-state index in [2.05, 4.69) is 26.2 Å². The number of rotatable bonds is 5. The number of nitrogens with zero attached hydrogens (tertiary/aromatic N) is 2. The number of nitrogens with one attached hydrogen (secondary N) is 1. The summed E-state index contributed by atoms with van der Waals surface area (Å²) in [6.45, 7) is 0.738. The first-order valence-corrected chi connectivity index (χ1v) is 8.69. The van der Waals surface area contributed by atoms with Crippen LogP contribution in [0.3, 0.4) is 0 Å². The lowest BCUT2D eigenvalue weighted by atomic mass is 10.2. The van der Waals surface area contributed by atoms with E-state index in [9.17, 15) is 4.79 Å². The molecule has 7 heteroatoms. The van der Waals surface area contributed by atoms with Gasteiger partial charge in [0.1, 0.15) is 6.61 Å². The number of anilines is 1. The number of hydrogen-bond acceptors (Lipinski definition) is 3. The van der Waals surface area contributed by atoms with E-state index in [1.165, 1.54) is 0 Å². The zero-order valence-electron chi connectivity index (χ0n) is 12.7. The van der Waals surface area contributed by atoms with E-state index in [4.69, 9.17) is 16.3 Å². The highest BCUT2D eigenvalue weighted by molar-refractivity contribution is 9.10. The second-order valence-corrected chi connectivity index (χ2v) is 6.39. The molecule has 0 radical (unpaired) electrons. The van der Waals surface area contributed by atoms with Gasteiger partial charge in [-0.05, 0) is 23.8 Å². The minimum atomic E-state index is -0.552. The average molecular weight is 409 g/mol. The van der Waals surface area contributed by atoms with Crippen molar-refractivity contribution in [2.75, 3.05) is 11.2 Å². The number of imidazole rings is 1. The van der Waals surface area contributed by atoms with Crippen molar-refractivity contribution in [3.63, 3.8) is 0 Å². The third-order valence-electron chi connectivity index (χ3n) is 3.45. The minimum absolute atomic E-state index is 0.202. The maximum absolute atomic E-state index is 12.1. The van der Waals surface area contributed by atoms with Crippen molar-refractivity contribution in [1.82, 2.24) is 9.55 Å². The molecule has 0 fully saturated rings. The molecule has 0 spiro atoms. The van der Waals surface area contributed by atoms with Crippen molar-refractivity contribution >= 4 is 50.6 Å². The second kappa shape index (κ2) is 7.68. The number of aromatic nitrogens is 2. The van der Waals surface area contributed by atoms with Crippen LogP contribution in [-0.2, 0) is 17.9 Å². The molecule has 0 saturated carbocycles. The van der Waals surface area contributed by atoms with E-state index in [1.807, 2.05) is 53.1 Å². The quantitative estimate of drug-likeness (QED) is 0.618. The Kier molecular flexibility index (Phi) is 5.37. The molecule has 5 nitrogen and oxygen atoms in total. The van der Waals surface area contributed by atoms with Gasteiger partial charge in [-0.15, -0.1) is 11.6 Å². The lowest BCUT2D eigenvalue weighted by molar-refractivity contribution is 0.155. The summed E-state index contributed by atoms with van der Waals surface area (Å²) in [6, 6.07) is 15.2. The number of hydrogen-bond donors (Lipinski definition) is 1. The molecule has 0 unspecified atom stereocenters. The fourth-order valence-electron chi connectivity index (χ4n) is 2.36. The molecule has 2 aromatic carbocycles. The smallest absolute Gasteiger partial charge is 0.414 e. The van der Waals surface area contributed by atoms with Crippen LogP contribution in [-0.4, -0.2) is 21.5 Å². The third-order valence-corrected chi connectivity index (χ3v) is 4.11. The molecular formula is C17H15BrClN3O2. The molecule has 0 aliphatic heterocycles. The number of fused-ring (bicyclic) bond motifs is 1. The van der Waals surface area contributed by atoms with E-state index >= 15 is 0 Å². The lowest BCUT2D eigenvalue weighted by Gasteiger charge is -2.09. The Balaban J connectivity index is 1.76. The molecule has 1 heterocycles. The number of carbonyl (C=O) groups is 1. The lowest BCUT2D eigenvalue weighted by Crippen LogP contribution is -2.17. The average Bonchev–Trinajstić information content (AvgIpc) is 2.91. The van der Waals surface area contributed by atoms with Gasteiger partial charge in [-0.3, -0.25) is 5.32 Å². The van der Waals surface area contributed by atoms with E-state index in [-0.39, 0.29) is 6.61 Å². The van der Waals surface area contributed by atoms with E-state index in [1.54, 1.807) is 0 Å². The van der Waals surface area contributed by atoms with Crippen molar-refractivity contribution in [3.8, 4) is 0 Å². The van der Waals surface area contributed by atoms with Gasteiger partial charge in [0.15, 0.2) is 0 Å². The molecule has 0 bridgehead atoms. The van der Waals surface area contributed by atoms with Gasteiger partial charge in [-0.2, -0.15) is 0 Å². The Morgan fingerprint density at radius 1 is 1.25 bits per heavy atom. The number of halogens is 2. The fourth-order valence-corrected chi connectivity index (χ4v) is 2.88. The molecule has 0 saturated heterocycles.